The molecule has 0 aliphatic heterocycles. The van der Waals surface area contributed by atoms with E-state index in [1.54, 1.807) is 0 Å². The average molecular weight is 246 g/mol. The molecule has 0 aromatic heterocycles. The summed E-state index contributed by atoms with van der Waals surface area (Å²) in [5, 5.41) is 21.3. The summed E-state index contributed by atoms with van der Waals surface area (Å²) >= 11 is 0. The monoisotopic (exact) mass is 246 g/mol. The molecular formula is C15H22N2O. The summed E-state index contributed by atoms with van der Waals surface area (Å²) in [6.07, 6.45) is 1.91. The topological polar surface area (TPSA) is 56.0 Å². The molecule has 1 aromatic rings. The first-order valence-corrected chi connectivity index (χ1v) is 6.38. The molecule has 2 N–H and O–H groups in total. The number of nitrogens with one attached hydrogen (secondary N) is 1. The fourth-order valence-corrected chi connectivity index (χ4v) is 1.78. The summed E-state index contributed by atoms with van der Waals surface area (Å²) in [6, 6.07) is 10.2. The van der Waals surface area contributed by atoms with E-state index in [9.17, 15) is 0 Å². The largest absolute Gasteiger partial charge is 0.392 e. The highest BCUT2D eigenvalue weighted by Gasteiger charge is 2.15. The van der Waals surface area contributed by atoms with Crippen LogP contribution in [0.4, 0.5) is 0 Å². The lowest BCUT2D eigenvalue weighted by molar-refractivity contribution is 0.281. The summed E-state index contributed by atoms with van der Waals surface area (Å²) in [7, 11) is 0. The minimum absolute atomic E-state index is 0.0875. The van der Waals surface area contributed by atoms with Gasteiger partial charge in [-0.15, -0.1) is 0 Å². The number of hydrogen-bond donors (Lipinski definition) is 2. The third-order valence-electron chi connectivity index (χ3n) is 2.96. The quantitative estimate of drug-likeness (QED) is 0.727. The molecule has 3 nitrogen and oxygen atoms in total. The maximum absolute atomic E-state index is 9.04. The van der Waals surface area contributed by atoms with Gasteiger partial charge in [0.15, 0.2) is 0 Å². The van der Waals surface area contributed by atoms with E-state index in [0.29, 0.717) is 0 Å². The molecule has 3 heteroatoms. The van der Waals surface area contributed by atoms with Crippen LogP contribution in [0.3, 0.4) is 0 Å². The number of nitrogens with zero attached hydrogens (tertiary/aromatic N) is 1. The Bertz CT molecular complexity index is 407. The van der Waals surface area contributed by atoms with Crippen molar-refractivity contribution in [2.24, 2.45) is 5.41 Å². The number of benzene rings is 1. The lowest BCUT2D eigenvalue weighted by Crippen LogP contribution is -2.17. The van der Waals surface area contributed by atoms with Gasteiger partial charge in [-0.2, -0.15) is 5.26 Å². The number of nitriles is 1. The zero-order valence-corrected chi connectivity index (χ0v) is 11.2. The van der Waals surface area contributed by atoms with Gasteiger partial charge in [0.25, 0.3) is 0 Å². The van der Waals surface area contributed by atoms with Gasteiger partial charge >= 0.3 is 0 Å². The van der Waals surface area contributed by atoms with E-state index < -0.39 is 0 Å². The van der Waals surface area contributed by atoms with Crippen LogP contribution >= 0.6 is 0 Å². The maximum atomic E-state index is 9.04. The summed E-state index contributed by atoms with van der Waals surface area (Å²) in [5.41, 5.74) is 1.90. The number of hydrogen-bond acceptors (Lipinski definition) is 3. The minimum Gasteiger partial charge on any atom is -0.392 e. The van der Waals surface area contributed by atoms with Crippen LogP contribution in [0, 0.1) is 16.7 Å². The van der Waals surface area contributed by atoms with Crippen molar-refractivity contribution in [1.29, 1.82) is 5.26 Å². The van der Waals surface area contributed by atoms with Crippen molar-refractivity contribution in [2.45, 2.75) is 39.8 Å². The zero-order valence-electron chi connectivity index (χ0n) is 11.2. The fourth-order valence-electron chi connectivity index (χ4n) is 1.78. The van der Waals surface area contributed by atoms with Gasteiger partial charge in [0.2, 0.25) is 0 Å². The van der Waals surface area contributed by atoms with Crippen molar-refractivity contribution >= 4 is 0 Å². The summed E-state index contributed by atoms with van der Waals surface area (Å²) in [5.74, 6) is 0. The molecule has 18 heavy (non-hydrogen) atoms. The van der Waals surface area contributed by atoms with Crippen molar-refractivity contribution in [1.82, 2.24) is 5.32 Å². The van der Waals surface area contributed by atoms with Crippen LogP contribution < -0.4 is 5.32 Å². The van der Waals surface area contributed by atoms with E-state index in [1.165, 1.54) is 5.56 Å². The van der Waals surface area contributed by atoms with Gasteiger partial charge < -0.3 is 10.4 Å². The normalized spacial score (nSPS) is 11.2. The van der Waals surface area contributed by atoms with Crippen molar-refractivity contribution < 1.29 is 5.11 Å². The minimum atomic E-state index is -0.224. The number of aliphatic hydroxyl groups excluding tert-OH is 1. The molecule has 0 amide bonds. The van der Waals surface area contributed by atoms with Crippen molar-refractivity contribution in [3.8, 4) is 6.07 Å². The molecule has 1 rings (SSSR count). The lowest BCUT2D eigenvalue weighted by Gasteiger charge is -2.14. The van der Waals surface area contributed by atoms with Crippen molar-refractivity contribution in [3.63, 3.8) is 0 Å². The fraction of sp³-hybridized carbons (Fsp3) is 0.533. The third kappa shape index (κ3) is 5.31. The van der Waals surface area contributed by atoms with E-state index in [0.717, 1.165) is 31.5 Å². The Balaban J connectivity index is 2.24. The van der Waals surface area contributed by atoms with Crippen LogP contribution in [0.5, 0.6) is 0 Å². The first kappa shape index (κ1) is 14.7. The Kier molecular flexibility index (Phi) is 5.84. The van der Waals surface area contributed by atoms with Gasteiger partial charge in [-0.1, -0.05) is 24.3 Å². The highest BCUT2D eigenvalue weighted by atomic mass is 16.3. The standard InChI is InChI=1S/C15H22N2O/c1-15(2,12-16)7-4-8-17-10-13-5-3-6-14(9-13)11-18/h3,5-6,9,17-18H,4,7-8,10-11H2,1-2H3. The molecule has 98 valence electrons. The van der Waals surface area contributed by atoms with Crippen LogP contribution in [-0.4, -0.2) is 11.7 Å². The molecule has 1 aromatic carbocycles. The SMILES string of the molecule is CC(C)(C#N)CCCNCc1cccc(CO)c1. The van der Waals surface area contributed by atoms with Crippen LogP contribution in [0.2, 0.25) is 0 Å². The molecule has 0 aliphatic rings. The highest BCUT2D eigenvalue weighted by molar-refractivity contribution is 5.22. The summed E-state index contributed by atoms with van der Waals surface area (Å²) in [6.45, 7) is 5.74. The third-order valence-corrected chi connectivity index (χ3v) is 2.96. The van der Waals surface area contributed by atoms with E-state index >= 15 is 0 Å². The van der Waals surface area contributed by atoms with Crippen molar-refractivity contribution in [3.05, 3.63) is 35.4 Å². The molecule has 0 bridgehead atoms. The Hall–Kier alpha value is -1.37. The Morgan fingerprint density at radius 1 is 1.33 bits per heavy atom. The number of aliphatic hydroxyl groups is 1. The van der Waals surface area contributed by atoms with E-state index in [4.69, 9.17) is 10.4 Å². The molecule has 0 unspecified atom stereocenters. The predicted octanol–water partition coefficient (Wildman–Crippen LogP) is 2.60. The first-order chi connectivity index (χ1) is 8.57. The van der Waals surface area contributed by atoms with Gasteiger partial charge in [0.1, 0.15) is 0 Å². The second-order valence-electron chi connectivity index (χ2n) is 5.25. The second kappa shape index (κ2) is 7.15. The van der Waals surface area contributed by atoms with Gasteiger partial charge in [0, 0.05) is 6.54 Å². The zero-order chi connectivity index (χ0) is 13.4. The van der Waals surface area contributed by atoms with Gasteiger partial charge in [-0.25, -0.2) is 0 Å². The molecule has 0 radical (unpaired) electrons. The Morgan fingerprint density at radius 3 is 2.72 bits per heavy atom. The Labute approximate surface area is 109 Å². The van der Waals surface area contributed by atoms with E-state index in [2.05, 4.69) is 11.4 Å². The molecule has 0 aliphatic carbocycles. The summed E-state index contributed by atoms with van der Waals surface area (Å²) < 4.78 is 0. The first-order valence-electron chi connectivity index (χ1n) is 6.38. The predicted molar refractivity (Wildman–Crippen MR) is 72.7 cm³/mol. The average Bonchev–Trinajstić information content (AvgIpc) is 2.38. The molecule has 0 saturated carbocycles. The van der Waals surface area contributed by atoms with Gasteiger partial charge in [-0.05, 0) is 44.4 Å². The van der Waals surface area contributed by atoms with Gasteiger partial charge in [-0.3, -0.25) is 0 Å². The maximum Gasteiger partial charge on any atom is 0.0683 e. The lowest BCUT2D eigenvalue weighted by atomic mass is 9.90. The van der Waals surface area contributed by atoms with Crippen LogP contribution in [-0.2, 0) is 13.2 Å². The van der Waals surface area contributed by atoms with Gasteiger partial charge in [0.05, 0.1) is 18.1 Å². The molecule has 0 atom stereocenters. The molecule has 0 saturated heterocycles. The van der Waals surface area contributed by atoms with Crippen LogP contribution in [0.15, 0.2) is 24.3 Å². The van der Waals surface area contributed by atoms with E-state index in [1.807, 2.05) is 38.1 Å². The van der Waals surface area contributed by atoms with Crippen LogP contribution in [0.1, 0.15) is 37.8 Å². The van der Waals surface area contributed by atoms with E-state index in [-0.39, 0.29) is 12.0 Å². The van der Waals surface area contributed by atoms with Crippen molar-refractivity contribution in [2.75, 3.05) is 6.54 Å². The molecule has 0 fully saturated rings. The van der Waals surface area contributed by atoms with Crippen LogP contribution in [0.25, 0.3) is 0 Å². The highest BCUT2D eigenvalue weighted by Crippen LogP contribution is 2.19. The smallest absolute Gasteiger partial charge is 0.0683 e. The molecular weight excluding hydrogens is 224 g/mol. The number of rotatable bonds is 7. The second-order valence-corrected chi connectivity index (χ2v) is 5.25. The Morgan fingerprint density at radius 2 is 2.06 bits per heavy atom. The molecule has 0 heterocycles. The molecule has 0 spiro atoms. The summed E-state index contributed by atoms with van der Waals surface area (Å²) in [4.78, 5) is 0.